The first kappa shape index (κ1) is 18.3. The van der Waals surface area contributed by atoms with Crippen molar-refractivity contribution in [3.05, 3.63) is 29.7 Å². The van der Waals surface area contributed by atoms with Crippen LogP contribution in [0.2, 0.25) is 0 Å². The van der Waals surface area contributed by atoms with E-state index < -0.39 is 17.7 Å². The summed E-state index contributed by atoms with van der Waals surface area (Å²) in [6.07, 6.45) is 0.338. The molecule has 1 aromatic heterocycles. The minimum Gasteiger partial charge on any atom is -0.465 e. The van der Waals surface area contributed by atoms with E-state index in [-0.39, 0.29) is 5.76 Å². The molecule has 0 saturated carbocycles. The summed E-state index contributed by atoms with van der Waals surface area (Å²) in [5.74, 6) is -0.961. The molecule has 0 radical (unpaired) electrons. The molecule has 3 nitrogen and oxygen atoms in total. The van der Waals surface area contributed by atoms with Crippen LogP contribution in [-0.2, 0) is 4.79 Å². The van der Waals surface area contributed by atoms with E-state index in [1.165, 1.54) is 23.3 Å². The second kappa shape index (κ2) is 8.66. The molecule has 0 unspecified atom stereocenters. The van der Waals surface area contributed by atoms with Gasteiger partial charge in [-0.3, -0.25) is 4.79 Å². The fourth-order valence-electron chi connectivity index (χ4n) is 1.96. The summed E-state index contributed by atoms with van der Waals surface area (Å²) in [6, 6.07) is 2.87. The van der Waals surface area contributed by atoms with Crippen molar-refractivity contribution < 1.29 is 22.4 Å². The highest BCUT2D eigenvalue weighted by molar-refractivity contribution is 5.98. The van der Waals surface area contributed by atoms with Crippen LogP contribution in [0.5, 0.6) is 0 Å². The third-order valence-electron chi connectivity index (χ3n) is 3.22. The van der Waals surface area contributed by atoms with Crippen LogP contribution in [0.1, 0.15) is 45.3 Å². The summed E-state index contributed by atoms with van der Waals surface area (Å²) in [4.78, 5) is 13.6. The van der Waals surface area contributed by atoms with Gasteiger partial charge < -0.3 is 9.32 Å². The Balaban J connectivity index is 3.02. The maximum Gasteiger partial charge on any atom is 0.421 e. The largest absolute Gasteiger partial charge is 0.465 e. The standard InChI is InChI=1S/C16H22F3NO2/c1-3-5-9-20(10-6-4-2)15(21)14(16(17,18)19)12-13-8-7-11-22-13/h7-8,11-12H,3-6,9-10H2,1-2H3/b14-12-. The zero-order chi connectivity index (χ0) is 16.6. The van der Waals surface area contributed by atoms with Gasteiger partial charge in [0.2, 0.25) is 0 Å². The normalized spacial score (nSPS) is 12.5. The molecule has 1 aromatic rings. The van der Waals surface area contributed by atoms with E-state index in [4.69, 9.17) is 4.42 Å². The lowest BCUT2D eigenvalue weighted by Gasteiger charge is -2.24. The quantitative estimate of drug-likeness (QED) is 0.654. The number of furan rings is 1. The zero-order valence-electron chi connectivity index (χ0n) is 12.9. The molecule has 0 aliphatic carbocycles. The number of alkyl halides is 3. The van der Waals surface area contributed by atoms with E-state index >= 15 is 0 Å². The molecule has 1 heterocycles. The number of amides is 1. The fourth-order valence-corrected chi connectivity index (χ4v) is 1.96. The van der Waals surface area contributed by atoms with E-state index in [0.29, 0.717) is 25.9 Å². The van der Waals surface area contributed by atoms with Crippen molar-refractivity contribution in [2.45, 2.75) is 45.7 Å². The minimum absolute atomic E-state index is 0.0200. The van der Waals surface area contributed by atoms with Crippen LogP contribution in [0, 0.1) is 0 Å². The topological polar surface area (TPSA) is 33.5 Å². The third kappa shape index (κ3) is 5.58. The zero-order valence-corrected chi connectivity index (χ0v) is 12.9. The van der Waals surface area contributed by atoms with Crippen molar-refractivity contribution in [2.75, 3.05) is 13.1 Å². The average Bonchev–Trinajstić information content (AvgIpc) is 2.96. The number of halogens is 3. The molecule has 0 aromatic carbocycles. The predicted octanol–water partition coefficient (Wildman–Crippen LogP) is 4.65. The second-order valence-electron chi connectivity index (χ2n) is 5.07. The van der Waals surface area contributed by atoms with Gasteiger partial charge >= 0.3 is 6.18 Å². The Labute approximate surface area is 128 Å². The highest BCUT2D eigenvalue weighted by Crippen LogP contribution is 2.29. The van der Waals surface area contributed by atoms with Gasteiger partial charge in [-0.05, 0) is 31.1 Å². The van der Waals surface area contributed by atoms with Gasteiger partial charge in [0.1, 0.15) is 11.3 Å². The Morgan fingerprint density at radius 3 is 2.23 bits per heavy atom. The number of carbonyl (C=O) groups excluding carboxylic acids is 1. The van der Waals surface area contributed by atoms with Gasteiger partial charge in [0.15, 0.2) is 0 Å². The van der Waals surface area contributed by atoms with Gasteiger partial charge in [-0.2, -0.15) is 13.2 Å². The second-order valence-corrected chi connectivity index (χ2v) is 5.07. The molecule has 1 rings (SSSR count). The molecular formula is C16H22F3NO2. The summed E-state index contributed by atoms with van der Waals surface area (Å²) < 4.78 is 44.5. The number of hydrogen-bond donors (Lipinski definition) is 0. The molecule has 0 atom stereocenters. The van der Waals surface area contributed by atoms with E-state index in [1.54, 1.807) is 0 Å². The molecule has 0 aliphatic rings. The Morgan fingerprint density at radius 1 is 1.23 bits per heavy atom. The van der Waals surface area contributed by atoms with Crippen molar-refractivity contribution in [3.63, 3.8) is 0 Å². The molecule has 0 spiro atoms. The molecule has 0 saturated heterocycles. The maximum absolute atomic E-state index is 13.2. The first-order chi connectivity index (χ1) is 10.4. The van der Waals surface area contributed by atoms with Gasteiger partial charge in [-0.15, -0.1) is 0 Å². The number of hydrogen-bond acceptors (Lipinski definition) is 2. The number of nitrogens with zero attached hydrogens (tertiary/aromatic N) is 1. The summed E-state index contributed by atoms with van der Waals surface area (Å²) in [5, 5.41) is 0. The lowest BCUT2D eigenvalue weighted by Crippen LogP contribution is -2.37. The molecule has 124 valence electrons. The van der Waals surface area contributed by atoms with Crippen molar-refractivity contribution in [1.29, 1.82) is 0 Å². The van der Waals surface area contributed by atoms with Crippen molar-refractivity contribution in [2.24, 2.45) is 0 Å². The SMILES string of the molecule is CCCCN(CCCC)C(=O)/C(=C/c1ccco1)C(F)(F)F. The average molecular weight is 317 g/mol. The summed E-state index contributed by atoms with van der Waals surface area (Å²) in [7, 11) is 0. The van der Waals surface area contributed by atoms with Gasteiger partial charge in [0, 0.05) is 13.1 Å². The molecule has 0 fully saturated rings. The first-order valence-electron chi connectivity index (χ1n) is 7.51. The van der Waals surface area contributed by atoms with Gasteiger partial charge in [-0.1, -0.05) is 26.7 Å². The van der Waals surface area contributed by atoms with Gasteiger partial charge in [-0.25, -0.2) is 0 Å². The van der Waals surface area contributed by atoms with Gasteiger partial charge in [0.25, 0.3) is 5.91 Å². The van der Waals surface area contributed by atoms with Crippen LogP contribution in [0.15, 0.2) is 28.4 Å². The summed E-state index contributed by atoms with van der Waals surface area (Å²) >= 11 is 0. The van der Waals surface area contributed by atoms with E-state index in [1.807, 2.05) is 13.8 Å². The number of rotatable bonds is 8. The van der Waals surface area contributed by atoms with Crippen LogP contribution >= 0.6 is 0 Å². The van der Waals surface area contributed by atoms with E-state index in [9.17, 15) is 18.0 Å². The fraction of sp³-hybridized carbons (Fsp3) is 0.562. The van der Waals surface area contributed by atoms with Crippen molar-refractivity contribution in [1.82, 2.24) is 4.90 Å². The van der Waals surface area contributed by atoms with Crippen LogP contribution in [0.3, 0.4) is 0 Å². The molecule has 22 heavy (non-hydrogen) atoms. The molecule has 0 aliphatic heterocycles. The molecule has 0 bridgehead atoms. The monoisotopic (exact) mass is 317 g/mol. The van der Waals surface area contributed by atoms with E-state index in [2.05, 4.69) is 0 Å². The minimum atomic E-state index is -4.71. The Kier molecular flexibility index (Phi) is 7.21. The highest BCUT2D eigenvalue weighted by atomic mass is 19.4. The van der Waals surface area contributed by atoms with Crippen LogP contribution in [0.4, 0.5) is 13.2 Å². The Morgan fingerprint density at radius 2 is 1.82 bits per heavy atom. The predicted molar refractivity (Wildman–Crippen MR) is 79.1 cm³/mol. The first-order valence-corrected chi connectivity index (χ1v) is 7.51. The molecule has 6 heteroatoms. The van der Waals surface area contributed by atoms with Crippen molar-refractivity contribution >= 4 is 12.0 Å². The number of carbonyl (C=O) groups is 1. The lowest BCUT2D eigenvalue weighted by molar-refractivity contribution is -0.139. The molecular weight excluding hydrogens is 295 g/mol. The Hall–Kier alpha value is -1.72. The smallest absolute Gasteiger partial charge is 0.421 e. The summed E-state index contributed by atoms with van der Waals surface area (Å²) in [5.41, 5.74) is -1.19. The Bertz CT molecular complexity index is 470. The number of unbranched alkanes of at least 4 members (excludes halogenated alkanes) is 2. The highest BCUT2D eigenvalue weighted by Gasteiger charge is 2.40. The van der Waals surface area contributed by atoms with Crippen LogP contribution < -0.4 is 0 Å². The third-order valence-corrected chi connectivity index (χ3v) is 3.22. The molecule has 0 N–H and O–H groups in total. The van der Waals surface area contributed by atoms with Gasteiger partial charge in [0.05, 0.1) is 6.26 Å². The lowest BCUT2D eigenvalue weighted by atomic mass is 10.1. The maximum atomic E-state index is 13.2. The van der Waals surface area contributed by atoms with Crippen LogP contribution in [-0.4, -0.2) is 30.1 Å². The summed E-state index contributed by atoms with van der Waals surface area (Å²) in [6.45, 7) is 4.54. The van der Waals surface area contributed by atoms with Crippen LogP contribution in [0.25, 0.3) is 6.08 Å². The van der Waals surface area contributed by atoms with Crippen molar-refractivity contribution in [3.8, 4) is 0 Å². The van der Waals surface area contributed by atoms with E-state index in [0.717, 1.165) is 18.9 Å². The molecule has 1 amide bonds.